The second kappa shape index (κ2) is 2.94. The molecule has 0 aromatic rings. The average molecular weight is 145 g/mol. The molecule has 1 unspecified atom stereocenters. The summed E-state index contributed by atoms with van der Waals surface area (Å²) < 4.78 is 0. The molecule has 1 aliphatic rings. The predicted octanol–water partition coefficient (Wildman–Crippen LogP) is -0.876. The van der Waals surface area contributed by atoms with Crippen LogP contribution in [0.15, 0.2) is 0 Å². The molecule has 1 N–H and O–H groups in total. The highest BCUT2D eigenvalue weighted by Crippen LogP contribution is 1.98. The minimum Gasteiger partial charge on any atom is -0.308 e. The molecule has 0 amide bonds. The molecule has 0 bridgehead atoms. The molecular weight excluding hydrogens is 134 g/mol. The van der Waals surface area contributed by atoms with E-state index in [1.807, 2.05) is 0 Å². The topological polar surface area (TPSA) is 58.4 Å². The first-order valence-electron chi connectivity index (χ1n) is 3.26. The monoisotopic (exact) mass is 145 g/mol. The first kappa shape index (κ1) is 7.43. The Morgan fingerprint density at radius 2 is 2.50 bits per heavy atom. The number of piperazine rings is 1. The van der Waals surface area contributed by atoms with Crippen molar-refractivity contribution in [1.82, 2.24) is 10.2 Å². The third-order valence-electron chi connectivity index (χ3n) is 1.72. The zero-order chi connectivity index (χ0) is 7.56. The van der Waals surface area contributed by atoms with Gasteiger partial charge in [-0.05, 0) is 7.05 Å². The van der Waals surface area contributed by atoms with E-state index in [4.69, 9.17) is 0 Å². The number of hydrogen-bond donors (Lipinski definition) is 1. The van der Waals surface area contributed by atoms with Crippen molar-refractivity contribution in [3.8, 4) is 0 Å². The number of hydrogen-bond acceptors (Lipinski definition) is 4. The fourth-order valence-electron chi connectivity index (χ4n) is 1.03. The third-order valence-corrected chi connectivity index (χ3v) is 1.72. The molecule has 0 spiro atoms. The van der Waals surface area contributed by atoms with Gasteiger partial charge in [-0.1, -0.05) is 0 Å². The summed E-state index contributed by atoms with van der Waals surface area (Å²) in [7, 11) is 1.77. The SMILES string of the molecule is CN1CCNCC1[N+](=O)[O-]. The number of likely N-dealkylation sites (N-methyl/N-ethyl adjacent to an activating group) is 1. The zero-order valence-electron chi connectivity index (χ0n) is 5.91. The number of nitrogens with one attached hydrogen (secondary N) is 1. The summed E-state index contributed by atoms with van der Waals surface area (Å²) in [6.07, 6.45) is -0.534. The van der Waals surface area contributed by atoms with Crippen LogP contribution in [0.2, 0.25) is 0 Å². The van der Waals surface area contributed by atoms with Crippen molar-refractivity contribution in [2.75, 3.05) is 26.7 Å². The second-order valence-electron chi connectivity index (χ2n) is 2.45. The van der Waals surface area contributed by atoms with Gasteiger partial charge in [0, 0.05) is 18.0 Å². The highest BCUT2D eigenvalue weighted by atomic mass is 16.6. The number of nitrogens with zero attached hydrogens (tertiary/aromatic N) is 2. The summed E-state index contributed by atoms with van der Waals surface area (Å²) >= 11 is 0. The largest absolute Gasteiger partial charge is 0.308 e. The van der Waals surface area contributed by atoms with Crippen LogP contribution in [0, 0.1) is 10.1 Å². The van der Waals surface area contributed by atoms with Crippen molar-refractivity contribution >= 4 is 0 Å². The van der Waals surface area contributed by atoms with E-state index in [-0.39, 0.29) is 4.92 Å². The molecule has 5 heteroatoms. The predicted molar refractivity (Wildman–Crippen MR) is 36.3 cm³/mol. The maximum absolute atomic E-state index is 10.3. The molecule has 10 heavy (non-hydrogen) atoms. The Bertz CT molecular complexity index is 139. The maximum Gasteiger partial charge on any atom is 0.280 e. The summed E-state index contributed by atoms with van der Waals surface area (Å²) in [5, 5.41) is 13.3. The number of nitro groups is 1. The molecule has 0 radical (unpaired) electrons. The molecular formula is C5H11N3O2. The van der Waals surface area contributed by atoms with Crippen LogP contribution in [-0.4, -0.2) is 42.7 Å². The van der Waals surface area contributed by atoms with Crippen LogP contribution in [-0.2, 0) is 0 Å². The van der Waals surface area contributed by atoms with Gasteiger partial charge in [-0.25, -0.2) is 4.90 Å². The molecule has 1 aliphatic heterocycles. The Balaban J connectivity index is 2.47. The van der Waals surface area contributed by atoms with E-state index < -0.39 is 6.17 Å². The van der Waals surface area contributed by atoms with Crippen molar-refractivity contribution in [3.05, 3.63) is 10.1 Å². The highest BCUT2D eigenvalue weighted by Gasteiger charge is 2.27. The lowest BCUT2D eigenvalue weighted by atomic mass is 10.3. The molecule has 1 fully saturated rings. The quantitative estimate of drug-likeness (QED) is 0.384. The van der Waals surface area contributed by atoms with Gasteiger partial charge in [0.1, 0.15) is 0 Å². The smallest absolute Gasteiger partial charge is 0.280 e. The molecule has 0 aromatic heterocycles. The minimum atomic E-state index is -0.534. The van der Waals surface area contributed by atoms with Gasteiger partial charge >= 0.3 is 0 Å². The number of rotatable bonds is 1. The lowest BCUT2D eigenvalue weighted by Gasteiger charge is -2.25. The zero-order valence-corrected chi connectivity index (χ0v) is 5.91. The molecule has 1 atom stereocenters. The van der Waals surface area contributed by atoms with Crippen molar-refractivity contribution in [1.29, 1.82) is 0 Å². The van der Waals surface area contributed by atoms with Crippen molar-refractivity contribution in [3.63, 3.8) is 0 Å². The molecule has 1 rings (SSSR count). The van der Waals surface area contributed by atoms with Crippen molar-refractivity contribution < 1.29 is 4.92 Å². The lowest BCUT2D eigenvalue weighted by molar-refractivity contribution is -0.549. The maximum atomic E-state index is 10.3. The van der Waals surface area contributed by atoms with E-state index in [2.05, 4.69) is 5.32 Å². The van der Waals surface area contributed by atoms with Gasteiger partial charge < -0.3 is 5.32 Å². The van der Waals surface area contributed by atoms with Gasteiger partial charge in [0.25, 0.3) is 6.17 Å². The fraction of sp³-hybridized carbons (Fsp3) is 1.00. The van der Waals surface area contributed by atoms with Crippen LogP contribution in [0.25, 0.3) is 0 Å². The first-order chi connectivity index (χ1) is 4.72. The van der Waals surface area contributed by atoms with Gasteiger partial charge in [0.2, 0.25) is 0 Å². The molecule has 0 aromatic carbocycles. The minimum absolute atomic E-state index is 0.258. The normalized spacial score (nSPS) is 28.3. The van der Waals surface area contributed by atoms with Crippen LogP contribution in [0.5, 0.6) is 0 Å². The molecule has 5 nitrogen and oxygen atoms in total. The summed E-state index contributed by atoms with van der Waals surface area (Å²) in [4.78, 5) is 11.8. The van der Waals surface area contributed by atoms with Crippen LogP contribution in [0.3, 0.4) is 0 Å². The molecule has 1 heterocycles. The highest BCUT2D eigenvalue weighted by molar-refractivity contribution is 4.68. The van der Waals surface area contributed by atoms with Crippen molar-refractivity contribution in [2.45, 2.75) is 6.17 Å². The van der Waals surface area contributed by atoms with Gasteiger partial charge in [-0.2, -0.15) is 0 Å². The molecule has 58 valence electrons. The second-order valence-corrected chi connectivity index (χ2v) is 2.45. The third kappa shape index (κ3) is 1.43. The van der Waals surface area contributed by atoms with E-state index >= 15 is 0 Å². The van der Waals surface area contributed by atoms with Gasteiger partial charge in [0.15, 0.2) is 0 Å². The van der Waals surface area contributed by atoms with E-state index in [0.29, 0.717) is 6.54 Å². The fourth-order valence-corrected chi connectivity index (χ4v) is 1.03. The van der Waals surface area contributed by atoms with Crippen LogP contribution >= 0.6 is 0 Å². The summed E-state index contributed by atoms with van der Waals surface area (Å²) in [6, 6.07) is 0. The Hall–Kier alpha value is -0.680. The summed E-state index contributed by atoms with van der Waals surface area (Å²) in [5.41, 5.74) is 0. The van der Waals surface area contributed by atoms with Gasteiger partial charge in [-0.3, -0.25) is 10.1 Å². The van der Waals surface area contributed by atoms with E-state index in [1.165, 1.54) is 0 Å². The average Bonchev–Trinajstić information content (AvgIpc) is 1.88. The lowest BCUT2D eigenvalue weighted by Crippen LogP contribution is -2.52. The first-order valence-corrected chi connectivity index (χ1v) is 3.26. The van der Waals surface area contributed by atoms with E-state index in [0.717, 1.165) is 13.1 Å². The van der Waals surface area contributed by atoms with E-state index in [9.17, 15) is 10.1 Å². The van der Waals surface area contributed by atoms with Crippen LogP contribution < -0.4 is 5.32 Å². The summed E-state index contributed by atoms with van der Waals surface area (Å²) in [6.45, 7) is 2.07. The van der Waals surface area contributed by atoms with Gasteiger partial charge in [-0.15, -0.1) is 0 Å². The molecule has 1 saturated heterocycles. The Kier molecular flexibility index (Phi) is 2.18. The Labute approximate surface area is 59.2 Å². The summed E-state index contributed by atoms with van der Waals surface area (Å²) in [5.74, 6) is 0. The molecule has 0 aliphatic carbocycles. The van der Waals surface area contributed by atoms with Gasteiger partial charge in [0.05, 0.1) is 6.54 Å². The Morgan fingerprint density at radius 1 is 1.80 bits per heavy atom. The van der Waals surface area contributed by atoms with Crippen LogP contribution in [0.1, 0.15) is 0 Å². The molecule has 0 saturated carbocycles. The van der Waals surface area contributed by atoms with E-state index in [1.54, 1.807) is 11.9 Å². The Morgan fingerprint density at radius 3 is 2.90 bits per heavy atom. The van der Waals surface area contributed by atoms with Crippen LogP contribution in [0.4, 0.5) is 0 Å². The standard InChI is InChI=1S/C5H11N3O2/c1-7-3-2-6-4-5(7)8(9)10/h5-6H,2-4H2,1H3. The van der Waals surface area contributed by atoms with Crippen molar-refractivity contribution in [2.24, 2.45) is 0 Å².